The first kappa shape index (κ1) is 56.9. The summed E-state index contributed by atoms with van der Waals surface area (Å²) in [7, 11) is 0. The van der Waals surface area contributed by atoms with Crippen molar-refractivity contribution in [2.45, 2.75) is 182 Å². The van der Waals surface area contributed by atoms with E-state index in [4.69, 9.17) is 30.4 Å². The molecule has 5 amide bonds. The van der Waals surface area contributed by atoms with Gasteiger partial charge in [-0.05, 0) is 143 Å². The third-order valence-corrected chi connectivity index (χ3v) is 9.69. The lowest BCUT2D eigenvalue weighted by atomic mass is 9.94. The molecule has 0 bridgehead atoms. The summed E-state index contributed by atoms with van der Waals surface area (Å²) in [6.07, 6.45) is 0.179. The number of esters is 1. The van der Waals surface area contributed by atoms with Crippen LogP contribution in [0.1, 0.15) is 136 Å². The number of nitrogens with zero attached hydrogens (tertiary/aromatic N) is 1. The summed E-state index contributed by atoms with van der Waals surface area (Å²) < 4.78 is 21.7. The van der Waals surface area contributed by atoms with Gasteiger partial charge in [-0.25, -0.2) is 9.59 Å². The first-order chi connectivity index (χ1) is 31.0. The second kappa shape index (κ2) is 26.2. The van der Waals surface area contributed by atoms with Crippen LogP contribution in [0.5, 0.6) is 5.75 Å². The number of amides is 5. The molecule has 0 aliphatic heterocycles. The number of nitrogens with one attached hydrogen (secondary N) is 4. The standard InChI is InChI=1S/C49H75N7O11/c1-30-26-34(64-46(63)67-49(10,11)12)27-31(2)35(30)29-39(55-43(60)37(23-19-25-52-32(3)50)56-45(62)66-48(7,8)9)44(61)53-36(22-17-14-18-24-40(57)65-47(4,5)6)42(59)54-38(41(51)58)28-33-20-15-13-16-21-33/h13,15-16,20-21,26-27,36-39H,14,17-19,22-25,28-29H2,1-12H3,(H2,50,52)(H2,51,58)(H,53,61)(H,54,59)(H,55,60)(H,56,62)/t36-,37-,38-,39-/m0/s1. The van der Waals surface area contributed by atoms with Gasteiger partial charge in [-0.2, -0.15) is 0 Å². The van der Waals surface area contributed by atoms with Gasteiger partial charge >= 0.3 is 18.2 Å². The molecule has 8 N–H and O–H groups in total. The number of nitrogens with two attached hydrogens (primary N) is 2. The molecule has 0 radical (unpaired) electrons. The lowest BCUT2D eigenvalue weighted by Crippen LogP contribution is -2.59. The smallest absolute Gasteiger partial charge is 0.460 e. The number of carbonyl (C=O) groups is 7. The molecular formula is C49H75N7O11. The molecular weight excluding hydrogens is 863 g/mol. The number of benzene rings is 2. The summed E-state index contributed by atoms with van der Waals surface area (Å²) in [5, 5.41) is 11.0. The van der Waals surface area contributed by atoms with Crippen molar-refractivity contribution in [3.8, 4) is 5.75 Å². The molecule has 4 atom stereocenters. The highest BCUT2D eigenvalue weighted by Gasteiger charge is 2.33. The third-order valence-electron chi connectivity index (χ3n) is 9.69. The first-order valence-corrected chi connectivity index (χ1v) is 22.7. The monoisotopic (exact) mass is 938 g/mol. The largest absolute Gasteiger partial charge is 0.514 e. The number of carbonyl (C=O) groups excluding carboxylic acids is 7. The van der Waals surface area contributed by atoms with E-state index in [1.807, 2.05) is 6.07 Å². The Morgan fingerprint density at radius 2 is 1.12 bits per heavy atom. The van der Waals surface area contributed by atoms with Crippen molar-refractivity contribution in [3.05, 3.63) is 64.7 Å². The van der Waals surface area contributed by atoms with Crippen LogP contribution in [-0.2, 0) is 51.0 Å². The van der Waals surface area contributed by atoms with Gasteiger partial charge in [-0.15, -0.1) is 0 Å². The van der Waals surface area contributed by atoms with E-state index in [0.717, 1.165) is 5.56 Å². The molecule has 0 aliphatic carbocycles. The highest BCUT2D eigenvalue weighted by molar-refractivity contribution is 5.95. The molecule has 18 heteroatoms. The number of amidine groups is 1. The molecule has 18 nitrogen and oxygen atoms in total. The van der Waals surface area contributed by atoms with Gasteiger partial charge in [0.15, 0.2) is 0 Å². The average molecular weight is 938 g/mol. The Bertz CT molecular complexity index is 2010. The van der Waals surface area contributed by atoms with E-state index in [2.05, 4.69) is 26.3 Å². The summed E-state index contributed by atoms with van der Waals surface area (Å²) in [6, 6.07) is 7.26. The van der Waals surface area contributed by atoms with Crippen molar-refractivity contribution in [3.63, 3.8) is 0 Å². The fourth-order valence-electron chi connectivity index (χ4n) is 6.73. The van der Waals surface area contributed by atoms with E-state index in [-0.39, 0.29) is 50.4 Å². The van der Waals surface area contributed by atoms with Crippen LogP contribution in [0.2, 0.25) is 0 Å². The average Bonchev–Trinajstić information content (AvgIpc) is 3.17. The Morgan fingerprint density at radius 1 is 0.612 bits per heavy atom. The lowest BCUT2D eigenvalue weighted by Gasteiger charge is -2.28. The number of primary amides is 1. The van der Waals surface area contributed by atoms with Crippen molar-refractivity contribution < 1.29 is 52.5 Å². The molecule has 0 unspecified atom stereocenters. The summed E-state index contributed by atoms with van der Waals surface area (Å²) >= 11 is 0. The maximum absolute atomic E-state index is 14.7. The molecule has 0 saturated heterocycles. The molecule has 2 aromatic rings. The van der Waals surface area contributed by atoms with E-state index in [1.54, 1.807) is 119 Å². The van der Waals surface area contributed by atoms with E-state index in [1.165, 1.54) is 0 Å². The van der Waals surface area contributed by atoms with Crippen molar-refractivity contribution >= 4 is 47.7 Å². The SMILES string of the molecule is CC(N)=NCCC[C@H](NC(=O)OC(C)(C)C)C(=O)N[C@@H](Cc1c(C)cc(OC(=O)OC(C)(C)C)cc1C)C(=O)N[C@@H](CCCCCC(=O)OC(C)(C)C)C(=O)N[C@@H](Cc1ccccc1)C(N)=O. The molecule has 0 aromatic heterocycles. The van der Waals surface area contributed by atoms with E-state index in [9.17, 15) is 33.6 Å². The minimum atomic E-state index is -1.35. The molecule has 0 fully saturated rings. The second-order valence-electron chi connectivity index (χ2n) is 19.6. The number of aliphatic imine (C=N–C) groups is 1. The zero-order valence-electron chi connectivity index (χ0n) is 41.5. The fourth-order valence-corrected chi connectivity index (χ4v) is 6.73. The Hall–Kier alpha value is -6.20. The molecule has 0 aliphatic rings. The van der Waals surface area contributed by atoms with E-state index < -0.39 is 76.8 Å². The van der Waals surface area contributed by atoms with Crippen molar-refractivity contribution in [2.75, 3.05) is 6.54 Å². The quantitative estimate of drug-likeness (QED) is 0.0196. The van der Waals surface area contributed by atoms with Gasteiger partial charge in [-0.1, -0.05) is 43.2 Å². The Kier molecular flexibility index (Phi) is 22.3. The number of rotatable bonds is 23. The van der Waals surface area contributed by atoms with Crippen LogP contribution in [0.3, 0.4) is 0 Å². The highest BCUT2D eigenvalue weighted by Crippen LogP contribution is 2.25. The highest BCUT2D eigenvalue weighted by atomic mass is 16.7. The van der Waals surface area contributed by atoms with Crippen molar-refractivity contribution in [2.24, 2.45) is 16.5 Å². The van der Waals surface area contributed by atoms with Gasteiger partial charge in [0, 0.05) is 25.8 Å². The molecule has 2 aromatic carbocycles. The van der Waals surface area contributed by atoms with Crippen LogP contribution < -0.4 is 37.5 Å². The first-order valence-electron chi connectivity index (χ1n) is 22.7. The topological polar surface area (TPSA) is 269 Å². The van der Waals surface area contributed by atoms with Gasteiger partial charge in [0.1, 0.15) is 46.7 Å². The van der Waals surface area contributed by atoms with E-state index >= 15 is 0 Å². The van der Waals surface area contributed by atoms with Crippen LogP contribution in [-0.4, -0.2) is 95.2 Å². The summed E-state index contributed by atoms with van der Waals surface area (Å²) in [5.41, 5.74) is 11.7. The van der Waals surface area contributed by atoms with Gasteiger partial charge in [0.05, 0.1) is 5.84 Å². The molecule has 0 heterocycles. The van der Waals surface area contributed by atoms with Crippen LogP contribution >= 0.6 is 0 Å². The number of hydrogen-bond acceptors (Lipinski definition) is 12. The number of unbranched alkanes of at least 4 members (excludes halogenated alkanes) is 2. The fraction of sp³-hybridized carbons (Fsp3) is 0.592. The zero-order chi connectivity index (χ0) is 50.7. The van der Waals surface area contributed by atoms with Gasteiger partial charge in [-0.3, -0.25) is 29.0 Å². The number of aryl methyl sites for hydroxylation is 2. The molecule has 0 spiro atoms. The summed E-state index contributed by atoms with van der Waals surface area (Å²) in [5.74, 6) is -2.79. The summed E-state index contributed by atoms with van der Waals surface area (Å²) in [6.45, 7) is 20.9. The minimum absolute atomic E-state index is 0.0854. The molecule has 372 valence electrons. The van der Waals surface area contributed by atoms with Gasteiger partial charge < -0.3 is 51.7 Å². The lowest BCUT2D eigenvalue weighted by molar-refractivity contribution is -0.155. The molecule has 0 saturated carbocycles. The maximum atomic E-state index is 14.7. The van der Waals surface area contributed by atoms with Crippen molar-refractivity contribution in [1.82, 2.24) is 21.3 Å². The molecule has 2 rings (SSSR count). The second-order valence-corrected chi connectivity index (χ2v) is 19.6. The Balaban J connectivity index is 2.58. The van der Waals surface area contributed by atoms with Crippen LogP contribution in [0.25, 0.3) is 0 Å². The van der Waals surface area contributed by atoms with Crippen LogP contribution in [0.15, 0.2) is 47.5 Å². The van der Waals surface area contributed by atoms with Crippen LogP contribution in [0.4, 0.5) is 9.59 Å². The Morgan fingerprint density at radius 3 is 1.66 bits per heavy atom. The van der Waals surface area contributed by atoms with Gasteiger partial charge in [0.2, 0.25) is 23.6 Å². The molecule has 67 heavy (non-hydrogen) atoms. The zero-order valence-corrected chi connectivity index (χ0v) is 41.5. The Labute approximate surface area is 395 Å². The van der Waals surface area contributed by atoms with Gasteiger partial charge in [0.25, 0.3) is 0 Å². The number of hydrogen-bond donors (Lipinski definition) is 6. The van der Waals surface area contributed by atoms with Crippen LogP contribution in [0, 0.1) is 13.8 Å². The predicted octanol–water partition coefficient (Wildman–Crippen LogP) is 5.69. The van der Waals surface area contributed by atoms with E-state index in [0.29, 0.717) is 48.2 Å². The minimum Gasteiger partial charge on any atom is -0.460 e. The van der Waals surface area contributed by atoms with Crippen molar-refractivity contribution in [1.29, 1.82) is 0 Å². The normalized spacial score (nSPS) is 13.8. The maximum Gasteiger partial charge on any atom is 0.514 e. The summed E-state index contributed by atoms with van der Waals surface area (Å²) in [4.78, 5) is 97.9. The third kappa shape index (κ3) is 23.7. The predicted molar refractivity (Wildman–Crippen MR) is 255 cm³/mol. The number of ether oxygens (including phenoxy) is 4. The number of alkyl carbamates (subject to hydrolysis) is 1.